The van der Waals surface area contributed by atoms with E-state index in [0.29, 0.717) is 23.0 Å². The molecule has 144 valence electrons. The van der Waals surface area contributed by atoms with Crippen LogP contribution in [-0.2, 0) is 16.1 Å². The summed E-state index contributed by atoms with van der Waals surface area (Å²) in [6.07, 6.45) is 0. The predicted octanol–water partition coefficient (Wildman–Crippen LogP) is 1.46. The van der Waals surface area contributed by atoms with Gasteiger partial charge in [0.25, 0.3) is 11.8 Å². The Morgan fingerprint density at radius 2 is 1.85 bits per heavy atom. The number of carbonyl (C=O) groups excluding carboxylic acids is 2. The third-order valence-corrected chi connectivity index (χ3v) is 4.28. The van der Waals surface area contributed by atoms with Gasteiger partial charge in [-0.3, -0.25) is 9.59 Å². The number of nitrogens with zero attached hydrogens (tertiary/aromatic N) is 1. The summed E-state index contributed by atoms with van der Waals surface area (Å²) in [6, 6.07) is 14.5. The lowest BCUT2D eigenvalue weighted by atomic mass is 10.2. The van der Waals surface area contributed by atoms with Crippen LogP contribution in [0.25, 0.3) is 0 Å². The molecule has 0 aliphatic heterocycles. The van der Waals surface area contributed by atoms with Crippen LogP contribution < -0.4 is 15.0 Å². The van der Waals surface area contributed by atoms with Gasteiger partial charge in [0.15, 0.2) is 13.1 Å². The SMILES string of the molecule is COc1cccc(NC(=O)C[NH+](C)CC(=O)N(C)Cc2ccc(Cl)cc2)c1. The summed E-state index contributed by atoms with van der Waals surface area (Å²) in [5, 5.41) is 3.48. The molecule has 2 amide bonds. The molecule has 0 saturated heterocycles. The van der Waals surface area contributed by atoms with Crippen LogP contribution in [0.1, 0.15) is 5.56 Å². The highest BCUT2D eigenvalue weighted by Gasteiger charge is 2.17. The van der Waals surface area contributed by atoms with Crippen LogP contribution >= 0.6 is 11.6 Å². The van der Waals surface area contributed by atoms with E-state index in [1.165, 1.54) is 0 Å². The lowest BCUT2D eigenvalue weighted by molar-refractivity contribution is -0.862. The largest absolute Gasteiger partial charge is 0.497 e. The van der Waals surface area contributed by atoms with Crippen LogP contribution in [0.3, 0.4) is 0 Å². The van der Waals surface area contributed by atoms with Crippen molar-refractivity contribution in [3.05, 3.63) is 59.1 Å². The highest BCUT2D eigenvalue weighted by molar-refractivity contribution is 6.30. The van der Waals surface area contributed by atoms with Crippen molar-refractivity contribution in [3.63, 3.8) is 0 Å². The molecule has 2 N–H and O–H groups in total. The first kappa shape index (κ1) is 20.7. The molecule has 7 heteroatoms. The van der Waals surface area contributed by atoms with Gasteiger partial charge in [0.05, 0.1) is 14.2 Å². The summed E-state index contributed by atoms with van der Waals surface area (Å²) in [7, 11) is 5.14. The minimum absolute atomic E-state index is 0.0309. The normalized spacial score (nSPS) is 11.6. The second-order valence-electron chi connectivity index (χ2n) is 6.47. The fraction of sp³-hybridized carbons (Fsp3) is 0.300. The smallest absolute Gasteiger partial charge is 0.279 e. The van der Waals surface area contributed by atoms with Gasteiger partial charge < -0.3 is 19.9 Å². The number of quaternary nitrogens is 1. The molecule has 2 rings (SSSR count). The number of anilines is 1. The fourth-order valence-electron chi connectivity index (χ4n) is 2.59. The van der Waals surface area contributed by atoms with Crippen molar-refractivity contribution < 1.29 is 19.2 Å². The Hall–Kier alpha value is -2.57. The van der Waals surface area contributed by atoms with Crippen LogP contribution in [-0.4, -0.2) is 51.0 Å². The van der Waals surface area contributed by atoms with Gasteiger partial charge in [-0.2, -0.15) is 0 Å². The molecule has 0 fully saturated rings. The Balaban J connectivity index is 1.80. The molecule has 1 atom stereocenters. The number of halogens is 1. The number of hydrogen-bond acceptors (Lipinski definition) is 3. The topological polar surface area (TPSA) is 63.1 Å². The zero-order valence-electron chi connectivity index (χ0n) is 15.8. The van der Waals surface area contributed by atoms with E-state index in [-0.39, 0.29) is 24.9 Å². The van der Waals surface area contributed by atoms with E-state index < -0.39 is 0 Å². The molecular weight excluding hydrogens is 366 g/mol. The molecule has 1 unspecified atom stereocenters. The fourth-order valence-corrected chi connectivity index (χ4v) is 2.71. The number of methoxy groups -OCH3 is 1. The predicted molar refractivity (Wildman–Crippen MR) is 106 cm³/mol. The lowest BCUT2D eigenvalue weighted by Gasteiger charge is -2.20. The molecule has 0 saturated carbocycles. The van der Waals surface area contributed by atoms with E-state index in [1.54, 1.807) is 49.4 Å². The molecule has 0 bridgehead atoms. The Bertz CT molecular complexity index is 780. The van der Waals surface area contributed by atoms with E-state index in [0.717, 1.165) is 10.5 Å². The van der Waals surface area contributed by atoms with Crippen molar-refractivity contribution in [2.45, 2.75) is 6.54 Å². The number of amides is 2. The molecule has 2 aromatic carbocycles. The van der Waals surface area contributed by atoms with Gasteiger partial charge in [-0.05, 0) is 29.8 Å². The van der Waals surface area contributed by atoms with Gasteiger partial charge in [0, 0.05) is 30.4 Å². The quantitative estimate of drug-likeness (QED) is 0.717. The maximum Gasteiger partial charge on any atom is 0.279 e. The Morgan fingerprint density at radius 3 is 2.52 bits per heavy atom. The maximum atomic E-state index is 12.4. The summed E-state index contributed by atoms with van der Waals surface area (Å²) in [6.45, 7) is 0.923. The molecule has 0 heterocycles. The van der Waals surface area contributed by atoms with Crippen molar-refractivity contribution in [2.75, 3.05) is 39.6 Å². The number of likely N-dealkylation sites (N-methyl/N-ethyl adjacent to an activating group) is 2. The van der Waals surface area contributed by atoms with Gasteiger partial charge in [0.1, 0.15) is 5.75 Å². The van der Waals surface area contributed by atoms with E-state index in [1.807, 2.05) is 25.2 Å². The van der Waals surface area contributed by atoms with E-state index >= 15 is 0 Å². The van der Waals surface area contributed by atoms with Crippen molar-refractivity contribution in [1.82, 2.24) is 4.90 Å². The molecule has 0 aliphatic carbocycles. The van der Waals surface area contributed by atoms with Crippen molar-refractivity contribution in [3.8, 4) is 5.75 Å². The van der Waals surface area contributed by atoms with Crippen LogP contribution in [0.2, 0.25) is 5.02 Å². The number of hydrogen-bond donors (Lipinski definition) is 2. The highest BCUT2D eigenvalue weighted by Crippen LogP contribution is 2.16. The van der Waals surface area contributed by atoms with Crippen LogP contribution in [0.4, 0.5) is 5.69 Å². The third kappa shape index (κ3) is 6.92. The monoisotopic (exact) mass is 390 g/mol. The minimum Gasteiger partial charge on any atom is -0.497 e. The summed E-state index contributed by atoms with van der Waals surface area (Å²) in [5.74, 6) is 0.484. The second-order valence-corrected chi connectivity index (χ2v) is 6.90. The van der Waals surface area contributed by atoms with E-state index in [2.05, 4.69) is 5.32 Å². The molecule has 0 spiro atoms. The standard InChI is InChI=1S/C20H24ClN3O3/c1-23(13-19(25)22-17-5-4-6-18(11-17)27-3)14-20(26)24(2)12-15-7-9-16(21)10-8-15/h4-11H,12-14H2,1-3H3,(H,22,25)/p+1. The van der Waals surface area contributed by atoms with Crippen molar-refractivity contribution in [2.24, 2.45) is 0 Å². The van der Waals surface area contributed by atoms with Gasteiger partial charge in [0.2, 0.25) is 0 Å². The van der Waals surface area contributed by atoms with Crippen molar-refractivity contribution in [1.29, 1.82) is 0 Å². The zero-order chi connectivity index (χ0) is 19.8. The molecule has 2 aromatic rings. The summed E-state index contributed by atoms with van der Waals surface area (Å²) in [5.41, 5.74) is 1.67. The first-order valence-corrected chi connectivity index (χ1v) is 8.99. The number of nitrogens with one attached hydrogen (secondary N) is 2. The van der Waals surface area contributed by atoms with Gasteiger partial charge >= 0.3 is 0 Å². The number of rotatable bonds is 8. The lowest BCUT2D eigenvalue weighted by Crippen LogP contribution is -3.11. The average Bonchev–Trinajstić information content (AvgIpc) is 2.63. The average molecular weight is 391 g/mol. The summed E-state index contributed by atoms with van der Waals surface area (Å²) in [4.78, 5) is 27.0. The molecule has 0 aromatic heterocycles. The zero-order valence-corrected chi connectivity index (χ0v) is 16.5. The first-order chi connectivity index (χ1) is 12.9. The maximum absolute atomic E-state index is 12.4. The number of benzene rings is 2. The molecule has 0 radical (unpaired) electrons. The molecule has 27 heavy (non-hydrogen) atoms. The van der Waals surface area contributed by atoms with Crippen molar-refractivity contribution >= 4 is 29.1 Å². The molecule has 6 nitrogen and oxygen atoms in total. The minimum atomic E-state index is -0.158. The van der Waals surface area contributed by atoms with E-state index in [4.69, 9.17) is 16.3 Å². The summed E-state index contributed by atoms with van der Waals surface area (Å²) >= 11 is 5.87. The summed E-state index contributed by atoms with van der Waals surface area (Å²) < 4.78 is 5.14. The second kappa shape index (κ2) is 9.94. The van der Waals surface area contributed by atoms with Gasteiger partial charge in [-0.25, -0.2) is 0 Å². The Kier molecular flexibility index (Phi) is 7.64. The highest BCUT2D eigenvalue weighted by atomic mass is 35.5. The van der Waals surface area contributed by atoms with E-state index in [9.17, 15) is 9.59 Å². The Labute approximate surface area is 164 Å². The molecule has 0 aliphatic rings. The van der Waals surface area contributed by atoms with Crippen LogP contribution in [0, 0.1) is 0 Å². The Morgan fingerprint density at radius 1 is 1.15 bits per heavy atom. The van der Waals surface area contributed by atoms with Crippen LogP contribution in [0.15, 0.2) is 48.5 Å². The van der Waals surface area contributed by atoms with Gasteiger partial charge in [-0.15, -0.1) is 0 Å². The number of carbonyl (C=O) groups is 2. The third-order valence-electron chi connectivity index (χ3n) is 4.03. The first-order valence-electron chi connectivity index (χ1n) is 8.61. The van der Waals surface area contributed by atoms with Crippen LogP contribution in [0.5, 0.6) is 5.75 Å². The molecular formula is C20H25ClN3O3+. The number of ether oxygens (including phenoxy) is 1. The van der Waals surface area contributed by atoms with Gasteiger partial charge in [-0.1, -0.05) is 29.8 Å².